The summed E-state index contributed by atoms with van der Waals surface area (Å²) in [5.74, 6) is -0.435. The zero-order valence-corrected chi connectivity index (χ0v) is 15.7. The van der Waals surface area contributed by atoms with E-state index in [-0.39, 0.29) is 16.9 Å². The second-order valence-corrected chi connectivity index (χ2v) is 6.61. The number of nitrogens with zero attached hydrogens (tertiary/aromatic N) is 4. The number of carbonyl (C=O) groups is 1. The van der Waals surface area contributed by atoms with E-state index < -0.39 is 23.2 Å². The van der Waals surface area contributed by atoms with Crippen molar-refractivity contribution in [3.63, 3.8) is 0 Å². The second kappa shape index (κ2) is 6.62. The highest BCUT2D eigenvalue weighted by Gasteiger charge is 2.23. The molecule has 0 aliphatic rings. The first kappa shape index (κ1) is 18.2. The van der Waals surface area contributed by atoms with E-state index >= 15 is 0 Å². The number of anilines is 1. The van der Waals surface area contributed by atoms with E-state index in [1.807, 2.05) is 0 Å². The molecule has 10 heteroatoms. The number of imidazole rings is 1. The van der Waals surface area contributed by atoms with Gasteiger partial charge in [-0.25, -0.2) is 9.78 Å². The highest BCUT2D eigenvalue weighted by Crippen LogP contribution is 2.30. The van der Waals surface area contributed by atoms with Gasteiger partial charge in [-0.15, -0.1) is 0 Å². The molecular formula is C16H15Cl2N5O3. The Bertz CT molecular complexity index is 1120. The molecular weight excluding hydrogens is 381 g/mol. The number of nitrogens with one attached hydrogen (secondary N) is 1. The molecule has 2 heterocycles. The first-order chi connectivity index (χ1) is 12.2. The summed E-state index contributed by atoms with van der Waals surface area (Å²) < 4.78 is 3.63. The molecule has 8 nitrogen and oxygen atoms in total. The number of halogens is 2. The molecule has 0 spiro atoms. The molecule has 0 aliphatic carbocycles. The number of amides is 1. The zero-order chi connectivity index (χ0) is 19.2. The lowest BCUT2D eigenvalue weighted by molar-refractivity contribution is -0.118. The van der Waals surface area contributed by atoms with Gasteiger partial charge in [-0.1, -0.05) is 29.3 Å². The van der Waals surface area contributed by atoms with Crippen LogP contribution in [0, 0.1) is 0 Å². The standard InChI is InChI=1S/C16H15Cl2N5O3/c1-8(14(24)20-11-9(17)5-4-6-10(11)18)23-7-19-13-12(23)15(25)22(3)16(26)21(13)2/h4-8H,1-3H3,(H,20,24). The maximum Gasteiger partial charge on any atom is 0.332 e. The SMILES string of the molecule is CC(C(=O)Nc1c(Cl)cccc1Cl)n1cnc2c1c(=O)n(C)c(=O)n2C. The van der Waals surface area contributed by atoms with E-state index in [0.717, 1.165) is 4.57 Å². The molecule has 0 bridgehead atoms. The molecule has 0 saturated carbocycles. The van der Waals surface area contributed by atoms with Crippen molar-refractivity contribution >= 4 is 46.0 Å². The molecule has 136 valence electrons. The minimum absolute atomic E-state index is 0.155. The van der Waals surface area contributed by atoms with Crippen LogP contribution in [0.1, 0.15) is 13.0 Å². The number of hydrogen-bond donors (Lipinski definition) is 1. The number of hydrogen-bond acceptors (Lipinski definition) is 4. The van der Waals surface area contributed by atoms with Crippen molar-refractivity contribution in [1.29, 1.82) is 0 Å². The Morgan fingerprint density at radius 1 is 1.15 bits per heavy atom. The lowest BCUT2D eigenvalue weighted by Gasteiger charge is -2.16. The monoisotopic (exact) mass is 395 g/mol. The van der Waals surface area contributed by atoms with Crippen molar-refractivity contribution in [3.05, 3.63) is 55.4 Å². The predicted octanol–water partition coefficient (Wildman–Crippen LogP) is 1.94. The van der Waals surface area contributed by atoms with Crippen LogP contribution in [0.4, 0.5) is 5.69 Å². The van der Waals surface area contributed by atoms with E-state index in [1.54, 1.807) is 25.1 Å². The second-order valence-electron chi connectivity index (χ2n) is 5.79. The Morgan fingerprint density at radius 3 is 2.38 bits per heavy atom. The molecule has 3 aromatic rings. The lowest BCUT2D eigenvalue weighted by Crippen LogP contribution is -2.38. The van der Waals surface area contributed by atoms with Crippen molar-refractivity contribution in [1.82, 2.24) is 18.7 Å². The Hall–Kier alpha value is -2.58. The number of benzene rings is 1. The van der Waals surface area contributed by atoms with Crippen molar-refractivity contribution in [2.24, 2.45) is 14.1 Å². The summed E-state index contributed by atoms with van der Waals surface area (Å²) in [5, 5.41) is 3.26. The average molecular weight is 396 g/mol. The quantitative estimate of drug-likeness (QED) is 0.733. The average Bonchev–Trinajstić information content (AvgIpc) is 3.05. The number of aryl methyl sites for hydroxylation is 1. The largest absolute Gasteiger partial charge is 0.332 e. The highest BCUT2D eigenvalue weighted by atomic mass is 35.5. The van der Waals surface area contributed by atoms with Crippen molar-refractivity contribution in [2.75, 3.05) is 5.32 Å². The van der Waals surface area contributed by atoms with Crippen LogP contribution in [0.5, 0.6) is 0 Å². The van der Waals surface area contributed by atoms with Gasteiger partial charge in [0, 0.05) is 14.1 Å². The molecule has 1 aromatic carbocycles. The smallest absolute Gasteiger partial charge is 0.322 e. The Morgan fingerprint density at radius 2 is 1.77 bits per heavy atom. The van der Waals surface area contributed by atoms with Crippen LogP contribution in [-0.2, 0) is 18.9 Å². The van der Waals surface area contributed by atoms with Crippen LogP contribution in [0.15, 0.2) is 34.1 Å². The molecule has 0 saturated heterocycles. The molecule has 0 fully saturated rings. The molecule has 0 radical (unpaired) electrons. The van der Waals surface area contributed by atoms with Crippen LogP contribution < -0.4 is 16.6 Å². The number of fused-ring (bicyclic) bond motifs is 1. The fourth-order valence-electron chi connectivity index (χ4n) is 2.63. The molecule has 1 amide bonds. The third-order valence-electron chi connectivity index (χ3n) is 4.18. The molecule has 1 N–H and O–H groups in total. The van der Waals surface area contributed by atoms with E-state index in [2.05, 4.69) is 10.3 Å². The molecule has 1 unspecified atom stereocenters. The van der Waals surface area contributed by atoms with Crippen LogP contribution in [0.25, 0.3) is 11.2 Å². The van der Waals surface area contributed by atoms with Crippen molar-refractivity contribution in [2.45, 2.75) is 13.0 Å². The molecule has 1 atom stereocenters. The highest BCUT2D eigenvalue weighted by molar-refractivity contribution is 6.39. The van der Waals surface area contributed by atoms with Gasteiger partial charge < -0.3 is 9.88 Å². The van der Waals surface area contributed by atoms with Gasteiger partial charge in [-0.2, -0.15) is 0 Å². The minimum Gasteiger partial charge on any atom is -0.322 e. The lowest BCUT2D eigenvalue weighted by atomic mass is 10.2. The number of rotatable bonds is 3. The fraction of sp³-hybridized carbons (Fsp3) is 0.250. The normalized spacial score (nSPS) is 12.3. The summed E-state index contributed by atoms with van der Waals surface area (Å²) in [4.78, 5) is 41.3. The topological polar surface area (TPSA) is 90.9 Å². The van der Waals surface area contributed by atoms with Gasteiger partial charge in [0.2, 0.25) is 5.91 Å². The minimum atomic E-state index is -0.794. The van der Waals surface area contributed by atoms with Crippen LogP contribution in [-0.4, -0.2) is 24.6 Å². The van der Waals surface area contributed by atoms with E-state index in [0.29, 0.717) is 10.0 Å². The molecule has 2 aromatic heterocycles. The number of para-hydroxylation sites is 1. The van der Waals surface area contributed by atoms with Crippen LogP contribution in [0.2, 0.25) is 10.0 Å². The summed E-state index contributed by atoms with van der Waals surface area (Å²) in [6.07, 6.45) is 1.35. The predicted molar refractivity (Wildman–Crippen MR) is 100 cm³/mol. The van der Waals surface area contributed by atoms with Crippen molar-refractivity contribution < 1.29 is 4.79 Å². The van der Waals surface area contributed by atoms with Gasteiger partial charge in [0.25, 0.3) is 5.56 Å². The summed E-state index contributed by atoms with van der Waals surface area (Å²) in [6.45, 7) is 1.60. The third-order valence-corrected chi connectivity index (χ3v) is 4.81. The van der Waals surface area contributed by atoms with Crippen LogP contribution >= 0.6 is 23.2 Å². The molecule has 0 aliphatic heterocycles. The van der Waals surface area contributed by atoms with E-state index in [4.69, 9.17) is 23.2 Å². The number of carbonyl (C=O) groups excluding carboxylic acids is 1. The molecule has 26 heavy (non-hydrogen) atoms. The maximum absolute atomic E-state index is 12.7. The summed E-state index contributed by atoms with van der Waals surface area (Å²) in [5.41, 5.74) is -0.378. The molecule has 3 rings (SSSR count). The van der Waals surface area contributed by atoms with Crippen LogP contribution in [0.3, 0.4) is 0 Å². The van der Waals surface area contributed by atoms with E-state index in [9.17, 15) is 14.4 Å². The maximum atomic E-state index is 12.7. The van der Waals surface area contributed by atoms with Crippen molar-refractivity contribution in [3.8, 4) is 0 Å². The Balaban J connectivity index is 2.06. The zero-order valence-electron chi connectivity index (χ0n) is 14.2. The van der Waals surface area contributed by atoms with Gasteiger partial charge in [0.15, 0.2) is 11.2 Å². The summed E-state index contributed by atoms with van der Waals surface area (Å²) in [7, 11) is 2.88. The summed E-state index contributed by atoms with van der Waals surface area (Å²) >= 11 is 12.1. The van der Waals surface area contributed by atoms with E-state index in [1.165, 1.54) is 29.6 Å². The van der Waals surface area contributed by atoms with Gasteiger partial charge in [0.1, 0.15) is 6.04 Å². The van der Waals surface area contributed by atoms with Gasteiger partial charge in [-0.3, -0.25) is 18.7 Å². The first-order valence-corrected chi connectivity index (χ1v) is 8.37. The Labute approximate surface area is 157 Å². The number of aromatic nitrogens is 4. The van der Waals surface area contributed by atoms with Gasteiger partial charge in [-0.05, 0) is 19.1 Å². The van der Waals surface area contributed by atoms with Gasteiger partial charge >= 0.3 is 5.69 Å². The summed E-state index contributed by atoms with van der Waals surface area (Å²) in [6, 6.07) is 4.08. The third kappa shape index (κ3) is 2.81. The Kier molecular flexibility index (Phi) is 4.64. The first-order valence-electron chi connectivity index (χ1n) is 7.61. The fourth-order valence-corrected chi connectivity index (χ4v) is 3.12. The van der Waals surface area contributed by atoms with Gasteiger partial charge in [0.05, 0.1) is 22.1 Å².